The van der Waals surface area contributed by atoms with Gasteiger partial charge in [0.2, 0.25) is 5.95 Å². The van der Waals surface area contributed by atoms with Gasteiger partial charge in [0.05, 0.1) is 12.7 Å². The average Bonchev–Trinajstić information content (AvgIpc) is 2.72. The number of carbonyl (C=O) groups excluding carboxylic acids is 2. The largest absolute Gasteiger partial charge is 0.465 e. The van der Waals surface area contributed by atoms with Gasteiger partial charge in [-0.3, -0.25) is 4.79 Å². The van der Waals surface area contributed by atoms with Crippen LogP contribution in [0.2, 0.25) is 0 Å². The molecule has 1 amide bonds. The van der Waals surface area contributed by atoms with Crippen molar-refractivity contribution in [2.45, 2.75) is 13.5 Å². The van der Waals surface area contributed by atoms with Gasteiger partial charge in [-0.2, -0.15) is 0 Å². The molecular weight excluding hydrogens is 356 g/mol. The van der Waals surface area contributed by atoms with Crippen LogP contribution in [0.15, 0.2) is 60.7 Å². The molecule has 28 heavy (non-hydrogen) atoms. The normalized spacial score (nSPS) is 10.2. The molecule has 0 bridgehead atoms. The fraction of sp³-hybridized carbons (Fsp3) is 0.143. The third-order valence-corrected chi connectivity index (χ3v) is 3.94. The second-order valence-electron chi connectivity index (χ2n) is 6.08. The zero-order valence-corrected chi connectivity index (χ0v) is 15.6. The minimum Gasteiger partial charge on any atom is -0.465 e. The number of methoxy groups -OCH3 is 1. The number of hydrogen-bond acceptors (Lipinski definition) is 6. The molecule has 2 N–H and O–H groups in total. The van der Waals surface area contributed by atoms with Gasteiger partial charge in [0.25, 0.3) is 5.91 Å². The highest BCUT2D eigenvalue weighted by atomic mass is 16.5. The molecule has 1 heterocycles. The summed E-state index contributed by atoms with van der Waals surface area (Å²) < 4.78 is 4.68. The number of ether oxygens (including phenoxy) is 1. The third kappa shape index (κ3) is 4.91. The Labute approximate surface area is 162 Å². The van der Waals surface area contributed by atoms with E-state index >= 15 is 0 Å². The topological polar surface area (TPSA) is 93.2 Å². The first-order valence-corrected chi connectivity index (χ1v) is 8.68. The molecule has 0 fully saturated rings. The van der Waals surface area contributed by atoms with Gasteiger partial charge >= 0.3 is 5.97 Å². The van der Waals surface area contributed by atoms with E-state index in [-0.39, 0.29) is 11.6 Å². The lowest BCUT2D eigenvalue weighted by Gasteiger charge is -2.09. The molecule has 0 spiro atoms. The lowest BCUT2D eigenvalue weighted by atomic mass is 10.2. The summed E-state index contributed by atoms with van der Waals surface area (Å²) >= 11 is 0. The second-order valence-corrected chi connectivity index (χ2v) is 6.08. The van der Waals surface area contributed by atoms with E-state index in [1.54, 1.807) is 37.3 Å². The van der Waals surface area contributed by atoms with Crippen LogP contribution in [0.4, 0.5) is 11.6 Å². The first kappa shape index (κ1) is 19.0. The van der Waals surface area contributed by atoms with Crippen molar-refractivity contribution in [3.05, 3.63) is 83.2 Å². The molecule has 0 aliphatic carbocycles. The van der Waals surface area contributed by atoms with Gasteiger partial charge < -0.3 is 15.4 Å². The number of rotatable bonds is 6. The minimum atomic E-state index is -0.407. The Balaban J connectivity index is 1.70. The molecule has 3 rings (SSSR count). The van der Waals surface area contributed by atoms with Gasteiger partial charge in [-0.15, -0.1) is 0 Å². The van der Waals surface area contributed by atoms with E-state index < -0.39 is 5.97 Å². The third-order valence-electron chi connectivity index (χ3n) is 3.94. The molecule has 7 nitrogen and oxygen atoms in total. The quantitative estimate of drug-likeness (QED) is 0.642. The first-order valence-electron chi connectivity index (χ1n) is 8.68. The van der Waals surface area contributed by atoms with Crippen molar-refractivity contribution in [1.29, 1.82) is 0 Å². The molecule has 0 aliphatic heterocycles. The number of nitrogens with zero attached hydrogens (tertiary/aromatic N) is 2. The number of hydrogen-bond donors (Lipinski definition) is 2. The van der Waals surface area contributed by atoms with E-state index in [9.17, 15) is 9.59 Å². The summed E-state index contributed by atoms with van der Waals surface area (Å²) in [4.78, 5) is 32.5. The summed E-state index contributed by atoms with van der Waals surface area (Å²) in [5.41, 5.74) is 3.07. The maximum Gasteiger partial charge on any atom is 0.337 e. The molecule has 2 aromatic carbocycles. The fourth-order valence-corrected chi connectivity index (χ4v) is 2.55. The number of carbonyl (C=O) groups is 2. The summed E-state index contributed by atoms with van der Waals surface area (Å²) in [5, 5.41) is 5.90. The maximum atomic E-state index is 12.4. The molecule has 1 aromatic heterocycles. The summed E-state index contributed by atoms with van der Waals surface area (Å²) in [6, 6.07) is 18.0. The highest BCUT2D eigenvalue weighted by Gasteiger charge is 2.11. The summed E-state index contributed by atoms with van der Waals surface area (Å²) in [6.45, 7) is 2.21. The molecule has 0 atom stereocenters. The van der Waals surface area contributed by atoms with Crippen molar-refractivity contribution in [2.24, 2.45) is 0 Å². The van der Waals surface area contributed by atoms with Crippen LogP contribution >= 0.6 is 0 Å². The van der Waals surface area contributed by atoms with Crippen molar-refractivity contribution in [3.8, 4) is 0 Å². The van der Waals surface area contributed by atoms with Crippen LogP contribution < -0.4 is 10.6 Å². The smallest absolute Gasteiger partial charge is 0.337 e. The molecule has 0 saturated heterocycles. The van der Waals surface area contributed by atoms with E-state index in [1.807, 2.05) is 30.3 Å². The fourth-order valence-electron chi connectivity index (χ4n) is 2.55. The highest BCUT2D eigenvalue weighted by Crippen LogP contribution is 2.15. The van der Waals surface area contributed by atoms with E-state index in [4.69, 9.17) is 0 Å². The van der Waals surface area contributed by atoms with Gasteiger partial charge in [0.1, 0.15) is 5.69 Å². The number of amides is 1. The van der Waals surface area contributed by atoms with E-state index in [0.29, 0.717) is 29.4 Å². The van der Waals surface area contributed by atoms with Crippen LogP contribution in [0.5, 0.6) is 0 Å². The van der Waals surface area contributed by atoms with Crippen molar-refractivity contribution in [3.63, 3.8) is 0 Å². The Morgan fingerprint density at radius 1 is 1.00 bits per heavy atom. The summed E-state index contributed by atoms with van der Waals surface area (Å²) in [6.07, 6.45) is 0. The van der Waals surface area contributed by atoms with E-state index in [1.165, 1.54) is 7.11 Å². The van der Waals surface area contributed by atoms with Crippen LogP contribution in [0, 0.1) is 6.92 Å². The first-order chi connectivity index (χ1) is 13.5. The molecule has 0 radical (unpaired) electrons. The molecule has 3 aromatic rings. The van der Waals surface area contributed by atoms with Gasteiger partial charge in [0, 0.05) is 17.9 Å². The minimum absolute atomic E-state index is 0.275. The Morgan fingerprint density at radius 3 is 2.39 bits per heavy atom. The number of esters is 1. The van der Waals surface area contributed by atoms with Crippen LogP contribution in [0.1, 0.15) is 32.1 Å². The number of aryl methyl sites for hydroxylation is 1. The van der Waals surface area contributed by atoms with Crippen LogP contribution in [0.3, 0.4) is 0 Å². The zero-order chi connectivity index (χ0) is 19.9. The Kier molecular flexibility index (Phi) is 5.96. The summed E-state index contributed by atoms with van der Waals surface area (Å²) in [7, 11) is 1.33. The van der Waals surface area contributed by atoms with Crippen molar-refractivity contribution >= 4 is 23.5 Å². The molecule has 0 unspecified atom stereocenters. The van der Waals surface area contributed by atoms with Crippen molar-refractivity contribution in [1.82, 2.24) is 15.3 Å². The lowest BCUT2D eigenvalue weighted by molar-refractivity contribution is 0.0600. The zero-order valence-electron chi connectivity index (χ0n) is 15.6. The van der Waals surface area contributed by atoms with Crippen molar-refractivity contribution in [2.75, 3.05) is 12.4 Å². The number of aromatic nitrogens is 2. The Bertz CT molecular complexity index is 973. The second kappa shape index (κ2) is 8.77. The molecule has 142 valence electrons. The predicted molar refractivity (Wildman–Crippen MR) is 105 cm³/mol. The predicted octanol–water partition coefficient (Wildman–Crippen LogP) is 3.25. The number of anilines is 2. The van der Waals surface area contributed by atoms with Gasteiger partial charge in [-0.05, 0) is 42.8 Å². The summed E-state index contributed by atoms with van der Waals surface area (Å²) in [5.74, 6) is -0.384. The van der Waals surface area contributed by atoms with Gasteiger partial charge in [0.15, 0.2) is 0 Å². The van der Waals surface area contributed by atoms with Crippen LogP contribution in [0.25, 0.3) is 0 Å². The lowest BCUT2D eigenvalue weighted by Crippen LogP contribution is -2.24. The van der Waals surface area contributed by atoms with Gasteiger partial charge in [-0.25, -0.2) is 14.8 Å². The Hall–Kier alpha value is -3.74. The van der Waals surface area contributed by atoms with Crippen LogP contribution in [-0.2, 0) is 11.3 Å². The monoisotopic (exact) mass is 376 g/mol. The molecule has 7 heteroatoms. The van der Waals surface area contributed by atoms with Gasteiger partial charge in [-0.1, -0.05) is 30.3 Å². The maximum absolute atomic E-state index is 12.4. The number of benzene rings is 2. The molecule has 0 aliphatic rings. The van der Waals surface area contributed by atoms with E-state index in [0.717, 1.165) is 5.56 Å². The number of nitrogens with one attached hydrogen (secondary N) is 2. The van der Waals surface area contributed by atoms with Crippen molar-refractivity contribution < 1.29 is 14.3 Å². The molecule has 0 saturated carbocycles. The Morgan fingerprint density at radius 2 is 1.71 bits per heavy atom. The SMILES string of the molecule is COC(=O)c1ccc(Nc2nc(C)cc(C(=O)NCc3ccccc3)n2)cc1. The van der Waals surface area contributed by atoms with Crippen LogP contribution in [-0.4, -0.2) is 29.0 Å². The highest BCUT2D eigenvalue weighted by molar-refractivity contribution is 5.92. The average molecular weight is 376 g/mol. The standard InChI is InChI=1S/C21H20N4O3/c1-14-12-18(19(26)22-13-15-6-4-3-5-7-15)25-21(23-14)24-17-10-8-16(9-11-17)20(27)28-2/h3-12H,13H2,1-2H3,(H,22,26)(H,23,24,25). The van der Waals surface area contributed by atoms with E-state index in [2.05, 4.69) is 25.3 Å². The molecular formula is C21H20N4O3.